The van der Waals surface area contributed by atoms with Gasteiger partial charge in [-0.25, -0.2) is 4.79 Å². The summed E-state index contributed by atoms with van der Waals surface area (Å²) >= 11 is 0. The molecule has 6 atom stereocenters. The molecular formula is C18H32N4O8. The SMILES string of the molecule is CCC(C)C(NC(=O)C(C)NC(=O)C(N)C(C)O)C(=O)NC(CCC(=O)O)C(=O)O. The molecule has 0 aliphatic carbocycles. The minimum Gasteiger partial charge on any atom is -0.481 e. The number of carbonyl (C=O) groups excluding carboxylic acids is 3. The van der Waals surface area contributed by atoms with Gasteiger partial charge in [0.2, 0.25) is 17.7 Å². The number of nitrogens with two attached hydrogens (primary N) is 1. The van der Waals surface area contributed by atoms with Crippen LogP contribution >= 0.6 is 0 Å². The molecule has 0 spiro atoms. The van der Waals surface area contributed by atoms with E-state index in [1.54, 1.807) is 13.8 Å². The molecule has 6 unspecified atom stereocenters. The first-order chi connectivity index (χ1) is 13.8. The van der Waals surface area contributed by atoms with Crippen LogP contribution in [0.25, 0.3) is 0 Å². The Morgan fingerprint density at radius 1 is 0.900 bits per heavy atom. The van der Waals surface area contributed by atoms with Gasteiger partial charge in [0.25, 0.3) is 0 Å². The number of carboxylic acids is 2. The van der Waals surface area contributed by atoms with E-state index in [4.69, 9.17) is 10.8 Å². The summed E-state index contributed by atoms with van der Waals surface area (Å²) in [5.74, 6) is -5.23. The molecule has 12 heteroatoms. The summed E-state index contributed by atoms with van der Waals surface area (Å²) in [5, 5.41) is 34.3. The third-order valence-corrected chi connectivity index (χ3v) is 4.63. The van der Waals surface area contributed by atoms with Gasteiger partial charge in [-0.2, -0.15) is 0 Å². The minimum atomic E-state index is -1.43. The van der Waals surface area contributed by atoms with Crippen LogP contribution in [0.2, 0.25) is 0 Å². The summed E-state index contributed by atoms with van der Waals surface area (Å²) in [6, 6.07) is -4.86. The zero-order valence-corrected chi connectivity index (χ0v) is 17.5. The topological polar surface area (TPSA) is 208 Å². The molecule has 0 rings (SSSR count). The summed E-state index contributed by atoms with van der Waals surface area (Å²) in [7, 11) is 0. The number of carboxylic acid groups (broad SMARTS) is 2. The van der Waals surface area contributed by atoms with E-state index < -0.39 is 66.4 Å². The molecule has 0 aromatic heterocycles. The van der Waals surface area contributed by atoms with Crippen LogP contribution in [0.5, 0.6) is 0 Å². The summed E-state index contributed by atoms with van der Waals surface area (Å²) in [6.45, 7) is 6.12. The number of hydrogen-bond acceptors (Lipinski definition) is 7. The lowest BCUT2D eigenvalue weighted by Crippen LogP contribution is -2.58. The molecule has 8 N–H and O–H groups in total. The second-order valence-electron chi connectivity index (χ2n) is 7.20. The summed E-state index contributed by atoms with van der Waals surface area (Å²) < 4.78 is 0. The van der Waals surface area contributed by atoms with E-state index in [1.165, 1.54) is 13.8 Å². The maximum atomic E-state index is 12.6. The lowest BCUT2D eigenvalue weighted by Gasteiger charge is -2.27. The first-order valence-corrected chi connectivity index (χ1v) is 9.61. The van der Waals surface area contributed by atoms with Gasteiger partial charge in [0, 0.05) is 6.42 Å². The van der Waals surface area contributed by atoms with Gasteiger partial charge < -0.3 is 37.0 Å². The normalized spacial score (nSPS) is 16.9. The Kier molecular flexibility index (Phi) is 11.6. The van der Waals surface area contributed by atoms with Gasteiger partial charge in [0.1, 0.15) is 24.2 Å². The number of hydrogen-bond donors (Lipinski definition) is 7. The molecule has 0 aliphatic rings. The molecule has 0 bridgehead atoms. The predicted octanol–water partition coefficient (Wildman–Crippen LogP) is -1.84. The first-order valence-electron chi connectivity index (χ1n) is 9.61. The number of nitrogens with one attached hydrogen (secondary N) is 3. The maximum absolute atomic E-state index is 12.6. The Labute approximate surface area is 174 Å². The fraction of sp³-hybridized carbons (Fsp3) is 0.722. The van der Waals surface area contributed by atoms with Crippen molar-refractivity contribution in [3.05, 3.63) is 0 Å². The molecule has 0 aromatic carbocycles. The molecule has 3 amide bonds. The molecule has 0 aliphatic heterocycles. The Balaban J connectivity index is 5.19. The smallest absolute Gasteiger partial charge is 0.326 e. The van der Waals surface area contributed by atoms with Crippen LogP contribution in [0, 0.1) is 5.92 Å². The van der Waals surface area contributed by atoms with E-state index in [2.05, 4.69) is 16.0 Å². The van der Waals surface area contributed by atoms with Crippen molar-refractivity contribution >= 4 is 29.7 Å². The summed E-state index contributed by atoms with van der Waals surface area (Å²) in [4.78, 5) is 58.9. The van der Waals surface area contributed by atoms with Crippen molar-refractivity contribution in [1.82, 2.24) is 16.0 Å². The monoisotopic (exact) mass is 432 g/mol. The number of amides is 3. The number of rotatable bonds is 13. The fourth-order valence-corrected chi connectivity index (χ4v) is 2.36. The fourth-order valence-electron chi connectivity index (χ4n) is 2.36. The maximum Gasteiger partial charge on any atom is 0.326 e. The average Bonchev–Trinajstić information content (AvgIpc) is 2.66. The van der Waals surface area contributed by atoms with Gasteiger partial charge in [-0.05, 0) is 26.2 Å². The Morgan fingerprint density at radius 3 is 1.90 bits per heavy atom. The molecule has 0 heterocycles. The molecule has 0 saturated carbocycles. The quantitative estimate of drug-likeness (QED) is 0.174. The van der Waals surface area contributed by atoms with E-state index >= 15 is 0 Å². The van der Waals surface area contributed by atoms with Crippen LogP contribution in [0.3, 0.4) is 0 Å². The second kappa shape index (κ2) is 12.8. The number of aliphatic hydroxyl groups is 1. The lowest BCUT2D eigenvalue weighted by molar-refractivity contribution is -0.143. The van der Waals surface area contributed by atoms with Gasteiger partial charge in [-0.3, -0.25) is 19.2 Å². The largest absolute Gasteiger partial charge is 0.481 e. The molecular weight excluding hydrogens is 400 g/mol. The van der Waals surface area contributed by atoms with E-state index in [0.717, 1.165) is 0 Å². The molecule has 0 fully saturated rings. The summed E-state index contributed by atoms with van der Waals surface area (Å²) in [5.41, 5.74) is 5.51. The zero-order valence-electron chi connectivity index (χ0n) is 17.5. The van der Waals surface area contributed by atoms with Crippen molar-refractivity contribution in [2.75, 3.05) is 0 Å². The van der Waals surface area contributed by atoms with E-state index in [0.29, 0.717) is 6.42 Å². The Morgan fingerprint density at radius 2 is 1.47 bits per heavy atom. The molecule has 0 aromatic rings. The molecule has 0 saturated heterocycles. The highest BCUT2D eigenvalue weighted by Crippen LogP contribution is 2.10. The van der Waals surface area contributed by atoms with Gasteiger partial charge >= 0.3 is 11.9 Å². The van der Waals surface area contributed by atoms with Crippen molar-refractivity contribution in [3.63, 3.8) is 0 Å². The molecule has 12 nitrogen and oxygen atoms in total. The molecule has 0 radical (unpaired) electrons. The molecule has 30 heavy (non-hydrogen) atoms. The third kappa shape index (κ3) is 9.18. The second-order valence-corrected chi connectivity index (χ2v) is 7.20. The van der Waals surface area contributed by atoms with Gasteiger partial charge in [-0.1, -0.05) is 20.3 Å². The predicted molar refractivity (Wildman–Crippen MR) is 105 cm³/mol. The van der Waals surface area contributed by atoms with E-state index in [9.17, 15) is 34.2 Å². The highest BCUT2D eigenvalue weighted by atomic mass is 16.4. The highest BCUT2D eigenvalue weighted by Gasteiger charge is 2.32. The number of aliphatic hydroxyl groups excluding tert-OH is 1. The highest BCUT2D eigenvalue weighted by molar-refractivity contribution is 5.94. The van der Waals surface area contributed by atoms with E-state index in [1.807, 2.05) is 0 Å². The van der Waals surface area contributed by atoms with Crippen LogP contribution < -0.4 is 21.7 Å². The number of aliphatic carboxylic acids is 2. The minimum absolute atomic E-state index is 0.318. The Hall–Kier alpha value is -2.73. The van der Waals surface area contributed by atoms with Crippen molar-refractivity contribution in [2.24, 2.45) is 11.7 Å². The van der Waals surface area contributed by atoms with Crippen LogP contribution in [0.15, 0.2) is 0 Å². The van der Waals surface area contributed by atoms with Crippen molar-refractivity contribution in [2.45, 2.75) is 77.2 Å². The van der Waals surface area contributed by atoms with Crippen molar-refractivity contribution in [1.29, 1.82) is 0 Å². The Bertz CT molecular complexity index is 640. The van der Waals surface area contributed by atoms with Crippen LogP contribution in [-0.4, -0.2) is 75.3 Å². The van der Waals surface area contributed by atoms with Gasteiger partial charge in [-0.15, -0.1) is 0 Å². The van der Waals surface area contributed by atoms with Crippen molar-refractivity contribution < 1.29 is 39.3 Å². The molecule has 172 valence electrons. The van der Waals surface area contributed by atoms with Gasteiger partial charge in [0.15, 0.2) is 0 Å². The average molecular weight is 432 g/mol. The zero-order chi connectivity index (χ0) is 23.6. The van der Waals surface area contributed by atoms with Crippen molar-refractivity contribution in [3.8, 4) is 0 Å². The van der Waals surface area contributed by atoms with Gasteiger partial charge in [0.05, 0.1) is 6.10 Å². The lowest BCUT2D eigenvalue weighted by atomic mass is 9.97. The summed E-state index contributed by atoms with van der Waals surface area (Å²) in [6.07, 6.45) is -1.43. The van der Waals surface area contributed by atoms with Crippen LogP contribution in [0.1, 0.15) is 47.0 Å². The first kappa shape index (κ1) is 27.3. The van der Waals surface area contributed by atoms with E-state index in [-0.39, 0.29) is 12.3 Å². The third-order valence-electron chi connectivity index (χ3n) is 4.63. The number of carbonyl (C=O) groups is 5. The standard InChI is InChI=1S/C18H32N4O8/c1-5-8(2)14(17(28)21-11(18(29)30)6-7-12(24)25)22-15(26)9(3)20-16(27)13(19)10(4)23/h8-11,13-14,23H,5-7,19H2,1-4H3,(H,20,27)(H,21,28)(H,22,26)(H,24,25)(H,29,30). The van der Waals surface area contributed by atoms with Crippen LogP contribution in [-0.2, 0) is 24.0 Å². The van der Waals surface area contributed by atoms with Crippen LogP contribution in [0.4, 0.5) is 0 Å².